The molecule has 4 aromatic carbocycles. The molecule has 7 nitrogen and oxygen atoms in total. The number of hydrogen-bond donors (Lipinski definition) is 1. The third kappa shape index (κ3) is 5.67. The van der Waals surface area contributed by atoms with Gasteiger partial charge in [0.1, 0.15) is 29.9 Å². The first-order valence-electron chi connectivity index (χ1n) is 14.7. The first-order chi connectivity index (χ1) is 22.8. The number of fused-ring (bicyclic) bond motifs is 6. The number of aliphatic imine (C=N–C) groups is 2. The summed E-state index contributed by atoms with van der Waals surface area (Å²) in [5, 5.41) is 10.7. The van der Waals surface area contributed by atoms with E-state index in [2.05, 4.69) is 20.0 Å². The van der Waals surface area contributed by atoms with Gasteiger partial charge in [-0.3, -0.25) is 19.1 Å². The molecule has 0 atom stereocenters. The molecule has 0 saturated heterocycles. The van der Waals surface area contributed by atoms with Gasteiger partial charge in [-0.25, -0.2) is 18.7 Å². The topological polar surface area (TPSA) is 80.6 Å². The normalized spacial score (nSPS) is 13.1. The minimum atomic E-state index is -0.339. The van der Waals surface area contributed by atoms with E-state index in [0.717, 1.165) is 34.2 Å². The molecule has 2 aromatic heterocycles. The number of aromatic nitrogens is 4. The Hall–Kier alpha value is -4.96. The van der Waals surface area contributed by atoms with Crippen LogP contribution < -0.4 is 0 Å². The highest BCUT2D eigenvalue weighted by Crippen LogP contribution is 2.31. The van der Waals surface area contributed by atoms with Gasteiger partial charge in [0, 0.05) is 32.3 Å². The molecule has 0 unspecified atom stereocenters. The van der Waals surface area contributed by atoms with Crippen LogP contribution in [0.4, 0.5) is 8.78 Å². The second kappa shape index (κ2) is 12.7. The van der Waals surface area contributed by atoms with E-state index in [4.69, 9.17) is 23.2 Å². The van der Waals surface area contributed by atoms with Crippen LogP contribution in [0.25, 0.3) is 11.4 Å². The number of nitrogens with zero attached hydrogens (tertiary/aromatic N) is 6. The number of hydrogen-bond acceptors (Lipinski definition) is 5. The monoisotopic (exact) mass is 666 g/mol. The maximum absolute atomic E-state index is 14.3. The fraction of sp³-hybridized carbons (Fsp3) is 0.111. The van der Waals surface area contributed by atoms with Crippen LogP contribution in [0.2, 0.25) is 10.0 Å². The molecule has 0 amide bonds. The van der Waals surface area contributed by atoms with E-state index in [1.807, 2.05) is 52.6 Å². The lowest BCUT2D eigenvalue weighted by Gasteiger charge is -2.14. The standard InChI is InChI=1S/C18H13ClFN3O.C18H13ClFN3/c19-11-5-6-16-14(7-11)18(13-3-1-2-4-15(13)20)22-9-12-8-21-17(10-24)23(12)16;1-11-21-9-13-10-22-18(14-4-2-3-5-16(14)20)15-8-12(19)6-7-17(15)23(11)13/h1-8,24H,9-10H2;2-9H,10H2,1H3. The number of rotatable bonds is 3. The van der Waals surface area contributed by atoms with Crippen LogP contribution >= 0.6 is 23.2 Å². The van der Waals surface area contributed by atoms with Gasteiger partial charge in [-0.1, -0.05) is 47.5 Å². The lowest BCUT2D eigenvalue weighted by Crippen LogP contribution is -2.10. The average molecular weight is 668 g/mol. The summed E-state index contributed by atoms with van der Waals surface area (Å²) in [4.78, 5) is 17.8. The van der Waals surface area contributed by atoms with E-state index >= 15 is 0 Å². The van der Waals surface area contributed by atoms with Gasteiger partial charge in [0.15, 0.2) is 0 Å². The van der Waals surface area contributed by atoms with Gasteiger partial charge < -0.3 is 5.11 Å². The molecule has 8 rings (SSSR count). The van der Waals surface area contributed by atoms with Gasteiger partial charge in [-0.2, -0.15) is 0 Å². The molecule has 0 radical (unpaired) electrons. The van der Waals surface area contributed by atoms with Gasteiger partial charge in [0.25, 0.3) is 0 Å². The number of aryl methyl sites for hydroxylation is 1. The Labute approximate surface area is 279 Å². The van der Waals surface area contributed by atoms with E-state index in [1.165, 1.54) is 12.1 Å². The smallest absolute Gasteiger partial charge is 0.139 e. The largest absolute Gasteiger partial charge is 0.388 e. The zero-order chi connectivity index (χ0) is 32.7. The zero-order valence-electron chi connectivity index (χ0n) is 25.0. The molecule has 0 spiro atoms. The minimum absolute atomic E-state index is 0.197. The molecule has 0 fully saturated rings. The Morgan fingerprint density at radius 2 is 1.15 bits per heavy atom. The van der Waals surface area contributed by atoms with E-state index in [-0.39, 0.29) is 18.2 Å². The second-order valence-electron chi connectivity index (χ2n) is 10.9. The second-order valence-corrected chi connectivity index (χ2v) is 11.8. The molecule has 1 N–H and O–H groups in total. The molecule has 4 heterocycles. The third-order valence-corrected chi connectivity index (χ3v) is 8.50. The van der Waals surface area contributed by atoms with Crippen LogP contribution in [0, 0.1) is 18.6 Å². The van der Waals surface area contributed by atoms with Crippen molar-refractivity contribution in [3.63, 3.8) is 0 Å². The Bertz CT molecular complexity index is 2220. The van der Waals surface area contributed by atoms with Crippen LogP contribution in [0.1, 0.15) is 45.3 Å². The summed E-state index contributed by atoms with van der Waals surface area (Å²) in [6.45, 7) is 2.52. The van der Waals surface area contributed by atoms with Crippen molar-refractivity contribution in [3.8, 4) is 11.4 Å². The van der Waals surface area contributed by atoms with Crippen molar-refractivity contribution in [1.29, 1.82) is 0 Å². The van der Waals surface area contributed by atoms with Crippen molar-refractivity contribution in [2.24, 2.45) is 9.98 Å². The van der Waals surface area contributed by atoms with Gasteiger partial charge in [-0.05, 0) is 67.6 Å². The zero-order valence-corrected chi connectivity index (χ0v) is 26.5. The van der Waals surface area contributed by atoms with E-state index in [9.17, 15) is 13.9 Å². The first kappa shape index (κ1) is 30.7. The molecule has 6 aromatic rings. The van der Waals surface area contributed by atoms with Gasteiger partial charge in [0.05, 0.1) is 59.7 Å². The predicted octanol–water partition coefficient (Wildman–Crippen LogP) is 7.83. The summed E-state index contributed by atoms with van der Waals surface area (Å²) in [5.74, 6) is 0.750. The van der Waals surface area contributed by atoms with Crippen molar-refractivity contribution < 1.29 is 13.9 Å². The highest BCUT2D eigenvalue weighted by Gasteiger charge is 2.24. The number of benzene rings is 4. The lowest BCUT2D eigenvalue weighted by atomic mass is 10.00. The van der Waals surface area contributed by atoms with E-state index in [1.54, 1.807) is 48.7 Å². The average Bonchev–Trinajstić information content (AvgIpc) is 3.56. The highest BCUT2D eigenvalue weighted by molar-refractivity contribution is 6.32. The minimum Gasteiger partial charge on any atom is -0.388 e. The molecule has 0 aliphatic carbocycles. The summed E-state index contributed by atoms with van der Waals surface area (Å²) < 4.78 is 32.5. The molecule has 11 heteroatoms. The van der Waals surface area contributed by atoms with Crippen molar-refractivity contribution in [2.75, 3.05) is 0 Å². The van der Waals surface area contributed by atoms with Crippen molar-refractivity contribution in [3.05, 3.63) is 164 Å². The van der Waals surface area contributed by atoms with Gasteiger partial charge in [0.2, 0.25) is 0 Å². The molecular weight excluding hydrogens is 641 g/mol. The summed E-state index contributed by atoms with van der Waals surface area (Å²) in [6.07, 6.45) is 3.49. The predicted molar refractivity (Wildman–Crippen MR) is 179 cm³/mol. The number of aliphatic hydroxyl groups excluding tert-OH is 1. The number of aliphatic hydroxyl groups is 1. The Balaban J connectivity index is 0.000000150. The maximum atomic E-state index is 14.3. The maximum Gasteiger partial charge on any atom is 0.139 e. The van der Waals surface area contributed by atoms with Crippen LogP contribution in [0.15, 0.2) is 107 Å². The highest BCUT2D eigenvalue weighted by atomic mass is 35.5. The third-order valence-electron chi connectivity index (χ3n) is 8.03. The molecule has 47 heavy (non-hydrogen) atoms. The van der Waals surface area contributed by atoms with Crippen LogP contribution in [0.5, 0.6) is 0 Å². The fourth-order valence-electron chi connectivity index (χ4n) is 5.92. The molecular formula is C36H26Cl2F2N6O. The van der Waals surface area contributed by atoms with Crippen molar-refractivity contribution in [2.45, 2.75) is 26.6 Å². The Morgan fingerprint density at radius 3 is 1.68 bits per heavy atom. The number of imidazole rings is 2. The van der Waals surface area contributed by atoms with Gasteiger partial charge in [-0.15, -0.1) is 0 Å². The SMILES string of the molecule is Cc1ncc2n1-c1ccc(Cl)cc1C(c1ccccc1F)=NC2.OCc1ncc2n1-c1ccc(Cl)cc1C(c1ccccc1F)=NC2. The first-order valence-corrected chi connectivity index (χ1v) is 15.5. The molecule has 234 valence electrons. The summed E-state index contributed by atoms with van der Waals surface area (Å²) in [6, 6.07) is 24.1. The summed E-state index contributed by atoms with van der Waals surface area (Å²) >= 11 is 12.4. The van der Waals surface area contributed by atoms with Crippen LogP contribution in [0.3, 0.4) is 0 Å². The summed E-state index contributed by atoms with van der Waals surface area (Å²) in [7, 11) is 0. The Morgan fingerprint density at radius 1 is 0.660 bits per heavy atom. The molecule has 0 saturated carbocycles. The van der Waals surface area contributed by atoms with Gasteiger partial charge >= 0.3 is 0 Å². The van der Waals surface area contributed by atoms with E-state index in [0.29, 0.717) is 57.1 Å². The number of halogens is 4. The van der Waals surface area contributed by atoms with Crippen LogP contribution in [-0.2, 0) is 19.7 Å². The van der Waals surface area contributed by atoms with Crippen molar-refractivity contribution in [1.82, 2.24) is 19.1 Å². The molecule has 2 aliphatic heterocycles. The summed E-state index contributed by atoms with van der Waals surface area (Å²) in [5.41, 5.74) is 7.06. The van der Waals surface area contributed by atoms with Crippen molar-refractivity contribution >= 4 is 34.6 Å². The Kier molecular flexibility index (Phi) is 8.28. The quantitative estimate of drug-likeness (QED) is 0.209. The molecule has 0 bridgehead atoms. The van der Waals surface area contributed by atoms with E-state index < -0.39 is 0 Å². The van der Waals surface area contributed by atoms with Crippen LogP contribution in [-0.4, -0.2) is 35.6 Å². The lowest BCUT2D eigenvalue weighted by molar-refractivity contribution is 0.269. The molecule has 2 aliphatic rings. The fourth-order valence-corrected chi connectivity index (χ4v) is 6.27.